The van der Waals surface area contributed by atoms with E-state index in [9.17, 15) is 22.0 Å². The van der Waals surface area contributed by atoms with Gasteiger partial charge in [-0.2, -0.15) is 22.0 Å². The van der Waals surface area contributed by atoms with Crippen LogP contribution in [0.3, 0.4) is 0 Å². The van der Waals surface area contributed by atoms with Crippen molar-refractivity contribution < 1.29 is 22.0 Å². The van der Waals surface area contributed by atoms with Gasteiger partial charge in [0.2, 0.25) is 0 Å². The van der Waals surface area contributed by atoms with Gasteiger partial charge >= 0.3 is 6.18 Å². The largest absolute Gasteiger partial charge is 0.417 e. The van der Waals surface area contributed by atoms with E-state index in [1.165, 1.54) is 0 Å². The van der Waals surface area contributed by atoms with E-state index in [1.54, 1.807) is 0 Å². The molecular weight excluding hydrogens is 215 g/mol. The molecule has 1 fully saturated rings. The predicted molar refractivity (Wildman–Crippen MR) is 46.5 cm³/mol. The molecule has 0 bridgehead atoms. The molecule has 5 heteroatoms. The smallest absolute Gasteiger partial charge is 0.173 e. The van der Waals surface area contributed by atoms with Gasteiger partial charge in [0.05, 0.1) is 5.57 Å². The summed E-state index contributed by atoms with van der Waals surface area (Å²) in [5.74, 6) is -0.225. The number of alkyl halides is 3. The lowest BCUT2D eigenvalue weighted by molar-refractivity contribution is -0.0993. The molecular formula is C10H13F5. The molecule has 1 rings (SSSR count). The first kappa shape index (κ1) is 12.5. The third-order valence-electron chi connectivity index (χ3n) is 2.79. The van der Waals surface area contributed by atoms with E-state index in [-0.39, 0.29) is 5.92 Å². The van der Waals surface area contributed by atoms with Crippen LogP contribution in [0, 0.1) is 5.92 Å². The number of rotatable bonds is 2. The standard InChI is InChI=1S/C10H13F5/c11-9(12)8(10(13,14)15)6-7-4-2-1-3-5-7/h7H,1-6H2. The van der Waals surface area contributed by atoms with Crippen LogP contribution in [0.5, 0.6) is 0 Å². The molecule has 0 N–H and O–H groups in total. The van der Waals surface area contributed by atoms with Crippen molar-refractivity contribution in [1.29, 1.82) is 0 Å². The van der Waals surface area contributed by atoms with Gasteiger partial charge in [0.15, 0.2) is 0 Å². The van der Waals surface area contributed by atoms with Crippen LogP contribution in [0.4, 0.5) is 22.0 Å². The second-order valence-corrected chi connectivity index (χ2v) is 3.94. The minimum Gasteiger partial charge on any atom is -0.173 e. The van der Waals surface area contributed by atoms with Crippen LogP contribution in [0.25, 0.3) is 0 Å². The van der Waals surface area contributed by atoms with Gasteiger partial charge in [-0.15, -0.1) is 0 Å². The number of hydrogen-bond acceptors (Lipinski definition) is 0. The van der Waals surface area contributed by atoms with Crippen LogP contribution >= 0.6 is 0 Å². The summed E-state index contributed by atoms with van der Waals surface area (Å²) in [6.07, 6.45) is -4.01. The Morgan fingerprint density at radius 1 is 1.00 bits per heavy atom. The summed E-state index contributed by atoms with van der Waals surface area (Å²) in [6, 6.07) is 0. The molecule has 0 nitrogen and oxygen atoms in total. The molecule has 0 saturated heterocycles. The highest BCUT2D eigenvalue weighted by atomic mass is 19.4. The lowest BCUT2D eigenvalue weighted by Gasteiger charge is -2.23. The Hall–Kier alpha value is -0.610. The summed E-state index contributed by atoms with van der Waals surface area (Å²) >= 11 is 0. The summed E-state index contributed by atoms with van der Waals surface area (Å²) in [7, 11) is 0. The van der Waals surface area contributed by atoms with Gasteiger partial charge in [-0.05, 0) is 12.3 Å². The van der Waals surface area contributed by atoms with E-state index >= 15 is 0 Å². The lowest BCUT2D eigenvalue weighted by atomic mass is 9.85. The van der Waals surface area contributed by atoms with E-state index in [4.69, 9.17) is 0 Å². The normalized spacial score (nSPS) is 19.0. The van der Waals surface area contributed by atoms with Crippen molar-refractivity contribution in [2.45, 2.75) is 44.7 Å². The van der Waals surface area contributed by atoms with Crippen molar-refractivity contribution in [3.8, 4) is 0 Å². The average molecular weight is 228 g/mol. The highest BCUT2D eigenvalue weighted by molar-refractivity contribution is 5.10. The predicted octanol–water partition coefficient (Wildman–Crippen LogP) is 4.67. The molecule has 0 amide bonds. The number of allylic oxidation sites excluding steroid dienone is 1. The highest BCUT2D eigenvalue weighted by Crippen LogP contribution is 2.38. The van der Waals surface area contributed by atoms with Crippen LogP contribution in [-0.4, -0.2) is 6.18 Å². The zero-order chi connectivity index (χ0) is 11.5. The Bertz CT molecular complexity index is 231. The maximum Gasteiger partial charge on any atom is 0.417 e. The zero-order valence-electron chi connectivity index (χ0n) is 8.21. The van der Waals surface area contributed by atoms with Gasteiger partial charge in [-0.25, -0.2) is 0 Å². The van der Waals surface area contributed by atoms with Crippen molar-refractivity contribution in [3.63, 3.8) is 0 Å². The summed E-state index contributed by atoms with van der Waals surface area (Å²) in [4.78, 5) is 0. The SMILES string of the molecule is FC(F)=C(CC1CCCCC1)C(F)(F)F. The summed E-state index contributed by atoms with van der Waals surface area (Å²) in [5, 5.41) is 0. The lowest BCUT2D eigenvalue weighted by Crippen LogP contribution is -2.18. The topological polar surface area (TPSA) is 0 Å². The molecule has 0 atom stereocenters. The first-order valence-electron chi connectivity index (χ1n) is 5.02. The van der Waals surface area contributed by atoms with E-state index in [1.807, 2.05) is 0 Å². The zero-order valence-corrected chi connectivity index (χ0v) is 8.21. The molecule has 0 spiro atoms. The third kappa shape index (κ3) is 3.80. The maximum absolute atomic E-state index is 12.2. The molecule has 0 radical (unpaired) electrons. The average Bonchev–Trinajstić information content (AvgIpc) is 2.13. The van der Waals surface area contributed by atoms with Crippen LogP contribution < -0.4 is 0 Å². The molecule has 0 heterocycles. The monoisotopic (exact) mass is 228 g/mol. The molecule has 0 aromatic carbocycles. The van der Waals surface area contributed by atoms with Gasteiger partial charge in [0.25, 0.3) is 6.08 Å². The van der Waals surface area contributed by atoms with Crippen LogP contribution in [0.1, 0.15) is 38.5 Å². The van der Waals surface area contributed by atoms with Crippen molar-refractivity contribution in [2.75, 3.05) is 0 Å². The Balaban J connectivity index is 2.63. The van der Waals surface area contributed by atoms with Gasteiger partial charge in [0.1, 0.15) is 0 Å². The third-order valence-corrected chi connectivity index (χ3v) is 2.79. The van der Waals surface area contributed by atoms with Gasteiger partial charge in [-0.1, -0.05) is 32.1 Å². The summed E-state index contributed by atoms with van der Waals surface area (Å²) in [6.45, 7) is 0. The van der Waals surface area contributed by atoms with Crippen LogP contribution in [-0.2, 0) is 0 Å². The first-order valence-corrected chi connectivity index (χ1v) is 5.02. The van der Waals surface area contributed by atoms with Crippen LogP contribution in [0.2, 0.25) is 0 Å². The van der Waals surface area contributed by atoms with Gasteiger partial charge in [-0.3, -0.25) is 0 Å². The molecule has 0 unspecified atom stereocenters. The Morgan fingerprint density at radius 2 is 1.53 bits per heavy atom. The molecule has 1 aliphatic rings. The highest BCUT2D eigenvalue weighted by Gasteiger charge is 2.38. The summed E-state index contributed by atoms with van der Waals surface area (Å²) in [5.41, 5.74) is -1.63. The van der Waals surface area contributed by atoms with E-state index in [0.29, 0.717) is 12.8 Å². The van der Waals surface area contributed by atoms with E-state index in [0.717, 1.165) is 19.3 Å². The molecule has 0 aromatic rings. The molecule has 15 heavy (non-hydrogen) atoms. The van der Waals surface area contributed by atoms with Crippen molar-refractivity contribution in [2.24, 2.45) is 5.92 Å². The Labute approximate surface area is 85.2 Å². The first-order chi connectivity index (χ1) is 6.91. The molecule has 0 aromatic heterocycles. The van der Waals surface area contributed by atoms with Crippen molar-refractivity contribution in [1.82, 2.24) is 0 Å². The van der Waals surface area contributed by atoms with E-state index in [2.05, 4.69) is 0 Å². The number of hydrogen-bond donors (Lipinski definition) is 0. The van der Waals surface area contributed by atoms with Crippen molar-refractivity contribution in [3.05, 3.63) is 11.7 Å². The Morgan fingerprint density at radius 3 is 1.93 bits per heavy atom. The fraction of sp³-hybridized carbons (Fsp3) is 0.800. The quantitative estimate of drug-likeness (QED) is 0.602. The van der Waals surface area contributed by atoms with Gasteiger partial charge < -0.3 is 0 Å². The van der Waals surface area contributed by atoms with E-state index < -0.39 is 24.3 Å². The minimum absolute atomic E-state index is 0.225. The van der Waals surface area contributed by atoms with Crippen molar-refractivity contribution >= 4 is 0 Å². The second-order valence-electron chi connectivity index (χ2n) is 3.94. The van der Waals surface area contributed by atoms with Crippen LogP contribution in [0.15, 0.2) is 11.7 Å². The number of halogens is 5. The van der Waals surface area contributed by atoms with Gasteiger partial charge in [0, 0.05) is 0 Å². The molecule has 0 aliphatic heterocycles. The molecule has 88 valence electrons. The fourth-order valence-corrected chi connectivity index (χ4v) is 1.98. The second kappa shape index (κ2) is 4.94. The molecule has 1 saturated carbocycles. The summed E-state index contributed by atoms with van der Waals surface area (Å²) < 4.78 is 60.8. The maximum atomic E-state index is 12.2. The fourth-order valence-electron chi connectivity index (χ4n) is 1.98. The minimum atomic E-state index is -4.88. The Kier molecular flexibility index (Phi) is 4.11. The molecule has 1 aliphatic carbocycles.